The van der Waals surface area contributed by atoms with E-state index in [1.165, 1.54) is 19.2 Å². The third kappa shape index (κ3) is 3.82. The molecule has 4 rings (SSSR count). The number of amides is 1. The van der Waals surface area contributed by atoms with Crippen LogP contribution in [-0.4, -0.2) is 34.1 Å². The third-order valence-corrected chi connectivity index (χ3v) is 4.79. The molecule has 1 aliphatic rings. The second kappa shape index (κ2) is 7.39. The first kappa shape index (κ1) is 19.8. The minimum Gasteiger partial charge on any atom is -0.497 e. The van der Waals surface area contributed by atoms with Gasteiger partial charge in [-0.2, -0.15) is 18.3 Å². The Kier molecular flexibility index (Phi) is 4.88. The molecule has 0 fully saturated rings. The maximum atomic E-state index is 13.8. The Hall–Kier alpha value is -3.50. The fraction of sp³-hybridized carbons (Fsp3) is 0.316. The molecule has 0 bridgehead atoms. The predicted molar refractivity (Wildman–Crippen MR) is 100 cm³/mol. The molecule has 30 heavy (non-hydrogen) atoms. The average Bonchev–Trinajstić information content (AvgIpc) is 3.32. The summed E-state index contributed by atoms with van der Waals surface area (Å²) in [5.41, 5.74) is 0.471. The maximum absolute atomic E-state index is 13.8. The van der Waals surface area contributed by atoms with Crippen LogP contribution in [0.2, 0.25) is 0 Å². The molecule has 3 heterocycles. The highest BCUT2D eigenvalue weighted by atomic mass is 19.4. The Labute approximate surface area is 169 Å². The van der Waals surface area contributed by atoms with Crippen LogP contribution in [0.25, 0.3) is 0 Å². The number of rotatable bonds is 4. The quantitative estimate of drug-likeness (QED) is 0.659. The number of nitrogens with zero attached hydrogens (tertiary/aromatic N) is 3. The van der Waals surface area contributed by atoms with Crippen molar-refractivity contribution in [3.05, 3.63) is 53.4 Å². The first-order chi connectivity index (χ1) is 14.2. The molecule has 1 aliphatic heterocycles. The van der Waals surface area contributed by atoms with Crippen LogP contribution in [0.4, 0.5) is 24.8 Å². The molecule has 0 aliphatic carbocycles. The summed E-state index contributed by atoms with van der Waals surface area (Å²) in [5.74, 6) is 0.580. The van der Waals surface area contributed by atoms with Gasteiger partial charge in [0.25, 0.3) is 5.91 Å². The number of nitrogens with one attached hydrogen (secondary N) is 2. The van der Waals surface area contributed by atoms with E-state index in [2.05, 4.69) is 20.9 Å². The lowest BCUT2D eigenvalue weighted by Gasteiger charge is -2.33. The van der Waals surface area contributed by atoms with E-state index in [-0.39, 0.29) is 23.8 Å². The number of halogens is 3. The molecular weight excluding hydrogens is 403 g/mol. The molecule has 11 heteroatoms. The minimum absolute atomic E-state index is 0.0953. The number of carbonyl (C=O) groups excluding carboxylic acids is 1. The monoisotopic (exact) mass is 421 g/mol. The highest BCUT2D eigenvalue weighted by Crippen LogP contribution is 2.44. The number of aromatic nitrogens is 3. The molecule has 0 radical (unpaired) electrons. The second-order valence-electron chi connectivity index (χ2n) is 6.90. The smallest absolute Gasteiger partial charge is 0.410 e. The van der Waals surface area contributed by atoms with Crippen molar-refractivity contribution in [2.45, 2.75) is 31.6 Å². The van der Waals surface area contributed by atoms with Crippen molar-refractivity contribution in [3.8, 4) is 5.75 Å². The van der Waals surface area contributed by atoms with Gasteiger partial charge in [-0.15, -0.1) is 0 Å². The SMILES string of the molecule is COc1cccc([C@@H]2C[C@H](C(F)(F)F)n3nc(C(=O)Nc4cc(C)on4)cc3N2)c1. The standard InChI is InChI=1S/C19H18F3N5O3/c1-10-6-16(26-30-10)24-18(28)14-9-17-23-13(11-4-3-5-12(7-11)29-2)8-15(19(20,21)22)27(17)25-14/h3-7,9,13,15,23H,8H2,1-2H3,(H,24,26,28)/t13-,15+/m0/s1. The van der Waals surface area contributed by atoms with Crippen molar-refractivity contribution in [3.63, 3.8) is 0 Å². The van der Waals surface area contributed by atoms with Crippen LogP contribution in [0.15, 0.2) is 40.9 Å². The van der Waals surface area contributed by atoms with Gasteiger partial charge in [0.05, 0.1) is 13.2 Å². The van der Waals surface area contributed by atoms with Gasteiger partial charge in [-0.1, -0.05) is 17.3 Å². The van der Waals surface area contributed by atoms with Gasteiger partial charge in [0, 0.05) is 18.6 Å². The topological polar surface area (TPSA) is 94.2 Å². The third-order valence-electron chi connectivity index (χ3n) is 4.79. The molecule has 0 saturated carbocycles. The van der Waals surface area contributed by atoms with Gasteiger partial charge in [0.15, 0.2) is 17.6 Å². The van der Waals surface area contributed by atoms with Crippen LogP contribution in [0, 0.1) is 6.92 Å². The van der Waals surface area contributed by atoms with E-state index in [0.29, 0.717) is 17.1 Å². The van der Waals surface area contributed by atoms with Gasteiger partial charge in [0.2, 0.25) is 0 Å². The molecule has 8 nitrogen and oxygen atoms in total. The highest BCUT2D eigenvalue weighted by Gasteiger charge is 2.46. The lowest BCUT2D eigenvalue weighted by atomic mass is 9.97. The van der Waals surface area contributed by atoms with Crippen molar-refractivity contribution < 1.29 is 27.2 Å². The van der Waals surface area contributed by atoms with Crippen LogP contribution in [0.1, 0.15) is 40.3 Å². The Morgan fingerprint density at radius 2 is 2.13 bits per heavy atom. The molecule has 158 valence electrons. The van der Waals surface area contributed by atoms with Crippen molar-refractivity contribution in [1.29, 1.82) is 0 Å². The Morgan fingerprint density at radius 3 is 2.80 bits per heavy atom. The average molecular weight is 421 g/mol. The first-order valence-corrected chi connectivity index (χ1v) is 9.06. The van der Waals surface area contributed by atoms with E-state index >= 15 is 0 Å². The zero-order chi connectivity index (χ0) is 21.5. The largest absolute Gasteiger partial charge is 0.497 e. The summed E-state index contributed by atoms with van der Waals surface area (Å²) in [5, 5.41) is 13.0. The fourth-order valence-electron chi connectivity index (χ4n) is 3.37. The van der Waals surface area contributed by atoms with Gasteiger partial charge in [0.1, 0.15) is 17.3 Å². The van der Waals surface area contributed by atoms with Crippen LogP contribution in [0.5, 0.6) is 5.75 Å². The lowest BCUT2D eigenvalue weighted by Crippen LogP contribution is -2.35. The van der Waals surface area contributed by atoms with E-state index in [4.69, 9.17) is 9.26 Å². The van der Waals surface area contributed by atoms with Gasteiger partial charge >= 0.3 is 6.18 Å². The van der Waals surface area contributed by atoms with Crippen molar-refractivity contribution in [2.24, 2.45) is 0 Å². The number of aryl methyl sites for hydroxylation is 1. The molecule has 2 aromatic heterocycles. The Balaban J connectivity index is 1.65. The number of benzene rings is 1. The predicted octanol–water partition coefficient (Wildman–Crippen LogP) is 4.10. The summed E-state index contributed by atoms with van der Waals surface area (Å²) >= 11 is 0. The number of fused-ring (bicyclic) bond motifs is 1. The molecular formula is C19H18F3N5O3. The number of carbonyl (C=O) groups is 1. The first-order valence-electron chi connectivity index (χ1n) is 9.06. The number of methoxy groups -OCH3 is 1. The normalized spacial score (nSPS) is 18.4. The van der Waals surface area contributed by atoms with Crippen LogP contribution in [-0.2, 0) is 0 Å². The van der Waals surface area contributed by atoms with Crippen LogP contribution < -0.4 is 15.4 Å². The van der Waals surface area contributed by atoms with E-state index in [1.54, 1.807) is 31.2 Å². The zero-order valence-electron chi connectivity index (χ0n) is 16.0. The Morgan fingerprint density at radius 1 is 1.33 bits per heavy atom. The van der Waals surface area contributed by atoms with E-state index in [1.807, 2.05) is 0 Å². The summed E-state index contributed by atoms with van der Waals surface area (Å²) < 4.78 is 52.2. The number of hydrogen-bond donors (Lipinski definition) is 2. The number of ether oxygens (including phenoxy) is 1. The van der Waals surface area contributed by atoms with E-state index < -0.39 is 24.2 Å². The molecule has 1 aromatic carbocycles. The van der Waals surface area contributed by atoms with Crippen molar-refractivity contribution in [1.82, 2.24) is 14.9 Å². The fourth-order valence-corrected chi connectivity index (χ4v) is 3.37. The zero-order valence-corrected chi connectivity index (χ0v) is 16.0. The summed E-state index contributed by atoms with van der Waals surface area (Å²) in [4.78, 5) is 12.4. The number of hydrogen-bond acceptors (Lipinski definition) is 6. The molecule has 2 N–H and O–H groups in total. The van der Waals surface area contributed by atoms with Crippen molar-refractivity contribution >= 4 is 17.5 Å². The van der Waals surface area contributed by atoms with Crippen LogP contribution >= 0.6 is 0 Å². The second-order valence-corrected chi connectivity index (χ2v) is 6.90. The highest BCUT2D eigenvalue weighted by molar-refractivity contribution is 6.02. The maximum Gasteiger partial charge on any atom is 0.410 e. The molecule has 2 atom stereocenters. The van der Waals surface area contributed by atoms with Gasteiger partial charge in [-0.05, 0) is 24.6 Å². The van der Waals surface area contributed by atoms with Gasteiger partial charge in [-0.25, -0.2) is 4.68 Å². The van der Waals surface area contributed by atoms with E-state index in [9.17, 15) is 18.0 Å². The lowest BCUT2D eigenvalue weighted by molar-refractivity contribution is -0.173. The summed E-state index contributed by atoms with van der Waals surface area (Å²) in [6, 6.07) is 7.08. The van der Waals surface area contributed by atoms with E-state index in [0.717, 1.165) is 4.68 Å². The molecule has 0 saturated heterocycles. The number of alkyl halides is 3. The molecule has 3 aromatic rings. The summed E-state index contributed by atoms with van der Waals surface area (Å²) in [6.07, 6.45) is -4.83. The summed E-state index contributed by atoms with van der Waals surface area (Å²) in [6.45, 7) is 1.65. The minimum atomic E-state index is -4.54. The number of anilines is 2. The molecule has 0 unspecified atom stereocenters. The molecule has 1 amide bonds. The Bertz CT molecular complexity index is 1080. The molecule has 0 spiro atoms. The van der Waals surface area contributed by atoms with Gasteiger partial charge in [-0.3, -0.25) is 4.79 Å². The van der Waals surface area contributed by atoms with Gasteiger partial charge < -0.3 is 19.9 Å². The summed E-state index contributed by atoms with van der Waals surface area (Å²) in [7, 11) is 1.49. The van der Waals surface area contributed by atoms with Crippen molar-refractivity contribution in [2.75, 3.05) is 17.7 Å². The van der Waals surface area contributed by atoms with Crippen LogP contribution in [0.3, 0.4) is 0 Å².